The van der Waals surface area contributed by atoms with Gasteiger partial charge in [-0.05, 0) is 37.3 Å². The zero-order chi connectivity index (χ0) is 19.2. The van der Waals surface area contributed by atoms with Crippen LogP contribution in [0.2, 0.25) is 10.0 Å². The van der Waals surface area contributed by atoms with Crippen LogP contribution in [0.15, 0.2) is 53.6 Å². The van der Waals surface area contributed by atoms with Gasteiger partial charge in [-0.1, -0.05) is 41.4 Å². The van der Waals surface area contributed by atoms with Crippen molar-refractivity contribution in [2.75, 3.05) is 6.61 Å². The van der Waals surface area contributed by atoms with Gasteiger partial charge in [-0.3, -0.25) is 9.89 Å². The molecule has 1 aromatic heterocycles. The van der Waals surface area contributed by atoms with E-state index in [-0.39, 0.29) is 5.69 Å². The number of halogens is 2. The van der Waals surface area contributed by atoms with Crippen LogP contribution in [0.1, 0.15) is 23.0 Å². The second-order valence-electron chi connectivity index (χ2n) is 5.43. The second-order valence-corrected chi connectivity index (χ2v) is 6.24. The summed E-state index contributed by atoms with van der Waals surface area (Å²) in [6.07, 6.45) is 1.39. The SMILES string of the molecule is CCOc1ccccc1-c1cc(C(=O)N/N=C\c2c(Cl)cccc2Cl)[nH]n1. The van der Waals surface area contributed by atoms with Crippen molar-refractivity contribution in [2.24, 2.45) is 5.10 Å². The third kappa shape index (κ3) is 4.48. The van der Waals surface area contributed by atoms with Crippen LogP contribution in [0.5, 0.6) is 5.75 Å². The van der Waals surface area contributed by atoms with Gasteiger partial charge in [0.25, 0.3) is 5.91 Å². The molecule has 0 aliphatic heterocycles. The molecule has 1 amide bonds. The fourth-order valence-electron chi connectivity index (χ4n) is 2.39. The monoisotopic (exact) mass is 402 g/mol. The highest BCUT2D eigenvalue weighted by Gasteiger charge is 2.13. The van der Waals surface area contributed by atoms with Gasteiger partial charge in [-0.15, -0.1) is 0 Å². The van der Waals surface area contributed by atoms with Crippen LogP contribution in [0.3, 0.4) is 0 Å². The summed E-state index contributed by atoms with van der Waals surface area (Å²) in [6.45, 7) is 2.44. The molecule has 1 heterocycles. The molecular formula is C19H16Cl2N4O2. The average molecular weight is 403 g/mol. The van der Waals surface area contributed by atoms with E-state index in [9.17, 15) is 4.79 Å². The summed E-state index contributed by atoms with van der Waals surface area (Å²) in [5.74, 6) is 0.256. The van der Waals surface area contributed by atoms with Crippen molar-refractivity contribution in [3.8, 4) is 17.0 Å². The molecule has 8 heteroatoms. The van der Waals surface area contributed by atoms with E-state index in [0.717, 1.165) is 5.56 Å². The first-order valence-electron chi connectivity index (χ1n) is 8.15. The van der Waals surface area contributed by atoms with E-state index >= 15 is 0 Å². The molecule has 0 saturated heterocycles. The van der Waals surface area contributed by atoms with E-state index in [1.54, 1.807) is 24.3 Å². The van der Waals surface area contributed by atoms with Crippen LogP contribution in [0.25, 0.3) is 11.3 Å². The van der Waals surface area contributed by atoms with E-state index in [1.807, 2.05) is 31.2 Å². The molecule has 0 bridgehead atoms. The number of rotatable bonds is 6. The Morgan fingerprint density at radius 1 is 1.22 bits per heavy atom. The summed E-state index contributed by atoms with van der Waals surface area (Å²) in [6, 6.07) is 14.2. The maximum atomic E-state index is 12.3. The minimum atomic E-state index is -0.443. The molecule has 2 aromatic carbocycles. The fraction of sp³-hybridized carbons (Fsp3) is 0.105. The lowest BCUT2D eigenvalue weighted by molar-refractivity contribution is 0.0950. The summed E-state index contributed by atoms with van der Waals surface area (Å²) >= 11 is 12.1. The first-order chi connectivity index (χ1) is 13.1. The molecule has 138 valence electrons. The van der Waals surface area contributed by atoms with Crippen LogP contribution in [-0.4, -0.2) is 28.9 Å². The summed E-state index contributed by atoms with van der Waals surface area (Å²) < 4.78 is 5.59. The summed E-state index contributed by atoms with van der Waals surface area (Å²) in [5.41, 5.74) is 4.60. The lowest BCUT2D eigenvalue weighted by Gasteiger charge is -2.07. The van der Waals surface area contributed by atoms with Crippen molar-refractivity contribution >= 4 is 35.3 Å². The van der Waals surface area contributed by atoms with Gasteiger partial charge < -0.3 is 4.74 Å². The molecule has 3 rings (SSSR count). The Bertz CT molecular complexity index is 965. The number of nitrogens with zero attached hydrogens (tertiary/aromatic N) is 2. The number of aromatic nitrogens is 2. The Morgan fingerprint density at radius 2 is 1.96 bits per heavy atom. The molecule has 0 aliphatic rings. The van der Waals surface area contributed by atoms with Gasteiger partial charge in [0, 0.05) is 11.1 Å². The van der Waals surface area contributed by atoms with E-state index < -0.39 is 5.91 Å². The Balaban J connectivity index is 1.73. The highest BCUT2D eigenvalue weighted by molar-refractivity contribution is 6.38. The molecule has 0 atom stereocenters. The fourth-order valence-corrected chi connectivity index (χ4v) is 2.88. The van der Waals surface area contributed by atoms with Gasteiger partial charge in [0.1, 0.15) is 11.4 Å². The third-order valence-electron chi connectivity index (χ3n) is 3.64. The van der Waals surface area contributed by atoms with Crippen molar-refractivity contribution in [3.05, 3.63) is 69.8 Å². The minimum absolute atomic E-state index is 0.263. The number of carbonyl (C=O) groups is 1. The van der Waals surface area contributed by atoms with E-state index in [4.69, 9.17) is 27.9 Å². The zero-order valence-electron chi connectivity index (χ0n) is 14.4. The molecule has 3 aromatic rings. The topological polar surface area (TPSA) is 79.4 Å². The number of ether oxygens (including phenoxy) is 1. The Hall–Kier alpha value is -2.83. The molecule has 0 spiro atoms. The van der Waals surface area contributed by atoms with E-state index in [0.29, 0.717) is 33.7 Å². The van der Waals surface area contributed by atoms with Gasteiger partial charge in [0.2, 0.25) is 0 Å². The Kier molecular flexibility index (Phi) is 6.11. The smallest absolute Gasteiger partial charge is 0.289 e. The summed E-state index contributed by atoms with van der Waals surface area (Å²) in [4.78, 5) is 12.3. The second kappa shape index (κ2) is 8.70. The van der Waals surface area contributed by atoms with Gasteiger partial charge >= 0.3 is 0 Å². The summed E-state index contributed by atoms with van der Waals surface area (Å²) in [7, 11) is 0. The lowest BCUT2D eigenvalue weighted by Crippen LogP contribution is -2.18. The van der Waals surface area contributed by atoms with E-state index in [2.05, 4.69) is 20.7 Å². The van der Waals surface area contributed by atoms with Crippen LogP contribution >= 0.6 is 23.2 Å². The van der Waals surface area contributed by atoms with Crippen molar-refractivity contribution in [2.45, 2.75) is 6.92 Å². The van der Waals surface area contributed by atoms with Crippen molar-refractivity contribution < 1.29 is 9.53 Å². The predicted octanol–water partition coefficient (Wildman–Crippen LogP) is 4.55. The highest BCUT2D eigenvalue weighted by atomic mass is 35.5. The highest BCUT2D eigenvalue weighted by Crippen LogP contribution is 2.28. The Morgan fingerprint density at radius 3 is 2.70 bits per heavy atom. The molecule has 0 unspecified atom stereocenters. The lowest BCUT2D eigenvalue weighted by atomic mass is 10.1. The van der Waals surface area contributed by atoms with Crippen molar-refractivity contribution in [3.63, 3.8) is 0 Å². The van der Waals surface area contributed by atoms with Gasteiger partial charge in [0.15, 0.2) is 0 Å². The number of hydrogen-bond acceptors (Lipinski definition) is 4. The van der Waals surface area contributed by atoms with Crippen LogP contribution in [0.4, 0.5) is 0 Å². The largest absolute Gasteiger partial charge is 0.493 e. The average Bonchev–Trinajstić information content (AvgIpc) is 3.15. The number of para-hydroxylation sites is 1. The quantitative estimate of drug-likeness (QED) is 0.468. The molecule has 0 saturated carbocycles. The van der Waals surface area contributed by atoms with Crippen LogP contribution < -0.4 is 10.2 Å². The van der Waals surface area contributed by atoms with Crippen LogP contribution in [-0.2, 0) is 0 Å². The number of H-pyrrole nitrogens is 1. The Labute approximate surface area is 166 Å². The molecular weight excluding hydrogens is 387 g/mol. The minimum Gasteiger partial charge on any atom is -0.493 e. The maximum Gasteiger partial charge on any atom is 0.289 e. The molecule has 0 aliphatic carbocycles. The first kappa shape index (κ1) is 18.9. The number of amides is 1. The number of hydrogen-bond donors (Lipinski definition) is 2. The zero-order valence-corrected chi connectivity index (χ0v) is 15.9. The van der Waals surface area contributed by atoms with Crippen molar-refractivity contribution in [1.29, 1.82) is 0 Å². The number of benzene rings is 2. The summed E-state index contributed by atoms with van der Waals surface area (Å²) in [5, 5.41) is 11.7. The molecule has 0 radical (unpaired) electrons. The van der Waals surface area contributed by atoms with Gasteiger partial charge in [-0.2, -0.15) is 10.2 Å². The number of nitrogens with one attached hydrogen (secondary N) is 2. The third-order valence-corrected chi connectivity index (χ3v) is 4.30. The maximum absolute atomic E-state index is 12.3. The standard InChI is InChI=1S/C19H16Cl2N4O2/c1-2-27-18-9-4-3-6-12(18)16-10-17(24-23-16)19(26)25-22-11-13-14(20)7-5-8-15(13)21/h3-11H,2H2,1H3,(H,23,24)(H,25,26)/b22-11-. The normalized spacial score (nSPS) is 10.9. The number of aromatic amines is 1. The van der Waals surface area contributed by atoms with Crippen LogP contribution in [0, 0.1) is 0 Å². The molecule has 2 N–H and O–H groups in total. The van der Waals surface area contributed by atoms with Gasteiger partial charge in [-0.25, -0.2) is 5.43 Å². The van der Waals surface area contributed by atoms with Gasteiger partial charge in [0.05, 0.1) is 28.6 Å². The first-order valence-corrected chi connectivity index (χ1v) is 8.90. The number of carbonyl (C=O) groups excluding carboxylic acids is 1. The number of hydrazone groups is 1. The van der Waals surface area contributed by atoms with Crippen molar-refractivity contribution in [1.82, 2.24) is 15.6 Å². The molecule has 27 heavy (non-hydrogen) atoms. The van der Waals surface area contributed by atoms with E-state index in [1.165, 1.54) is 6.21 Å². The molecule has 6 nitrogen and oxygen atoms in total. The molecule has 0 fully saturated rings. The predicted molar refractivity (Wildman–Crippen MR) is 107 cm³/mol.